The van der Waals surface area contributed by atoms with Gasteiger partial charge in [0.25, 0.3) is 0 Å². The normalized spacial score (nSPS) is 14.1. The first-order valence-corrected chi connectivity index (χ1v) is 6.31. The molecule has 0 saturated carbocycles. The summed E-state index contributed by atoms with van der Waals surface area (Å²) in [7, 11) is 0. The molecule has 0 aliphatic carbocycles. The second-order valence-corrected chi connectivity index (χ2v) is 4.81. The summed E-state index contributed by atoms with van der Waals surface area (Å²) in [6.45, 7) is 0.244. The van der Waals surface area contributed by atoms with Crippen molar-refractivity contribution >= 4 is 0 Å². The maximum Gasteiger partial charge on any atom is 0.123 e. The molecular weight excluding hydrogens is 241 g/mol. The van der Waals surface area contributed by atoms with Crippen molar-refractivity contribution in [2.75, 3.05) is 13.2 Å². The first-order valence-electron chi connectivity index (χ1n) is 6.31. The quantitative estimate of drug-likeness (QED) is 0.865. The van der Waals surface area contributed by atoms with E-state index < -0.39 is 5.41 Å². The van der Waals surface area contributed by atoms with E-state index in [2.05, 4.69) is 0 Å². The molecule has 0 bridgehead atoms. The number of aliphatic hydroxyl groups is 1. The lowest BCUT2D eigenvalue weighted by Crippen LogP contribution is -2.41. The highest BCUT2D eigenvalue weighted by molar-refractivity contribution is 5.30. The molecule has 0 aliphatic heterocycles. The zero-order chi connectivity index (χ0) is 13.7. The third-order valence-corrected chi connectivity index (χ3v) is 3.54. The van der Waals surface area contributed by atoms with Gasteiger partial charge >= 0.3 is 0 Å². The Balaban J connectivity index is 2.34. The fraction of sp³-hybridized carbons (Fsp3) is 0.250. The number of halogens is 1. The molecule has 2 rings (SSSR count). The van der Waals surface area contributed by atoms with Gasteiger partial charge in [-0.15, -0.1) is 0 Å². The fourth-order valence-corrected chi connectivity index (χ4v) is 2.29. The Kier molecular flexibility index (Phi) is 4.30. The van der Waals surface area contributed by atoms with Crippen LogP contribution in [0.1, 0.15) is 11.1 Å². The summed E-state index contributed by atoms with van der Waals surface area (Å²) in [5, 5.41) is 9.79. The number of aliphatic hydroxyl groups excluding tert-OH is 1. The molecular formula is C16H18FNO. The number of benzene rings is 2. The maximum absolute atomic E-state index is 13.0. The van der Waals surface area contributed by atoms with Crippen molar-refractivity contribution < 1.29 is 9.50 Å². The predicted octanol–water partition coefficient (Wildman–Crippen LogP) is 2.26. The van der Waals surface area contributed by atoms with Gasteiger partial charge in [-0.3, -0.25) is 0 Å². The molecule has 0 spiro atoms. The van der Waals surface area contributed by atoms with E-state index >= 15 is 0 Å². The maximum atomic E-state index is 13.0. The van der Waals surface area contributed by atoms with E-state index in [9.17, 15) is 9.50 Å². The van der Waals surface area contributed by atoms with Crippen LogP contribution in [0.2, 0.25) is 0 Å². The van der Waals surface area contributed by atoms with Gasteiger partial charge in [-0.25, -0.2) is 4.39 Å². The molecule has 100 valence electrons. The summed E-state index contributed by atoms with van der Waals surface area (Å²) in [6, 6.07) is 16.1. The van der Waals surface area contributed by atoms with Crippen LogP contribution in [0.4, 0.5) is 4.39 Å². The summed E-state index contributed by atoms with van der Waals surface area (Å²) in [5.41, 5.74) is 7.29. The Morgan fingerprint density at radius 2 is 1.63 bits per heavy atom. The zero-order valence-corrected chi connectivity index (χ0v) is 10.7. The van der Waals surface area contributed by atoms with Gasteiger partial charge < -0.3 is 10.8 Å². The number of rotatable bonds is 5. The lowest BCUT2D eigenvalue weighted by Gasteiger charge is -2.31. The molecule has 2 nitrogen and oxygen atoms in total. The minimum absolute atomic E-state index is 0.0654. The molecule has 0 radical (unpaired) electrons. The second-order valence-electron chi connectivity index (χ2n) is 4.81. The largest absolute Gasteiger partial charge is 0.395 e. The minimum atomic E-state index is -0.560. The molecule has 3 N–H and O–H groups in total. The van der Waals surface area contributed by atoms with Crippen molar-refractivity contribution in [2.45, 2.75) is 11.8 Å². The molecule has 2 aromatic carbocycles. The summed E-state index contributed by atoms with van der Waals surface area (Å²) < 4.78 is 13.0. The van der Waals surface area contributed by atoms with Crippen LogP contribution in [-0.4, -0.2) is 18.3 Å². The van der Waals surface area contributed by atoms with Crippen LogP contribution in [-0.2, 0) is 11.8 Å². The van der Waals surface area contributed by atoms with Crippen molar-refractivity contribution in [3.05, 3.63) is 71.5 Å². The van der Waals surface area contributed by atoms with Gasteiger partial charge in [-0.2, -0.15) is 0 Å². The van der Waals surface area contributed by atoms with Crippen LogP contribution < -0.4 is 5.73 Å². The van der Waals surface area contributed by atoms with E-state index in [0.29, 0.717) is 13.0 Å². The fourth-order valence-electron chi connectivity index (χ4n) is 2.29. The van der Waals surface area contributed by atoms with Gasteiger partial charge in [0.15, 0.2) is 0 Å². The van der Waals surface area contributed by atoms with E-state index in [1.165, 1.54) is 12.1 Å². The van der Waals surface area contributed by atoms with E-state index in [4.69, 9.17) is 5.73 Å². The Morgan fingerprint density at radius 1 is 1.00 bits per heavy atom. The third-order valence-electron chi connectivity index (χ3n) is 3.54. The Morgan fingerprint density at radius 3 is 2.16 bits per heavy atom. The molecule has 19 heavy (non-hydrogen) atoms. The van der Waals surface area contributed by atoms with Gasteiger partial charge in [-0.1, -0.05) is 42.5 Å². The van der Waals surface area contributed by atoms with Crippen LogP contribution in [0, 0.1) is 5.82 Å². The highest BCUT2D eigenvalue weighted by Crippen LogP contribution is 2.27. The molecule has 1 atom stereocenters. The Bertz CT molecular complexity index is 506. The zero-order valence-electron chi connectivity index (χ0n) is 10.7. The first-order chi connectivity index (χ1) is 9.20. The first kappa shape index (κ1) is 13.7. The van der Waals surface area contributed by atoms with E-state index in [1.54, 1.807) is 12.1 Å². The van der Waals surface area contributed by atoms with Crippen LogP contribution in [0.25, 0.3) is 0 Å². The summed E-state index contributed by atoms with van der Waals surface area (Å²) >= 11 is 0. The lowest BCUT2D eigenvalue weighted by atomic mass is 9.76. The third kappa shape index (κ3) is 3.00. The van der Waals surface area contributed by atoms with Crippen molar-refractivity contribution in [3.8, 4) is 0 Å². The average Bonchev–Trinajstić information content (AvgIpc) is 2.47. The number of hydrogen-bond donors (Lipinski definition) is 2. The highest BCUT2D eigenvalue weighted by atomic mass is 19.1. The Labute approximate surface area is 112 Å². The van der Waals surface area contributed by atoms with Gasteiger partial charge in [0.2, 0.25) is 0 Å². The van der Waals surface area contributed by atoms with Crippen LogP contribution in [0.3, 0.4) is 0 Å². The van der Waals surface area contributed by atoms with Crippen LogP contribution in [0.15, 0.2) is 54.6 Å². The summed E-state index contributed by atoms with van der Waals surface area (Å²) in [6.07, 6.45) is 0.631. The SMILES string of the molecule is NCC(CO)(Cc1ccccc1)c1ccc(F)cc1. The van der Waals surface area contributed by atoms with Gasteiger partial charge in [0.1, 0.15) is 5.82 Å². The molecule has 1 unspecified atom stereocenters. The van der Waals surface area contributed by atoms with Crippen LogP contribution in [0.5, 0.6) is 0 Å². The predicted molar refractivity (Wildman–Crippen MR) is 74.4 cm³/mol. The van der Waals surface area contributed by atoms with Gasteiger partial charge in [-0.05, 0) is 29.7 Å². The highest BCUT2D eigenvalue weighted by Gasteiger charge is 2.30. The van der Waals surface area contributed by atoms with Crippen molar-refractivity contribution in [1.29, 1.82) is 0 Å². The van der Waals surface area contributed by atoms with Crippen LogP contribution >= 0.6 is 0 Å². The number of hydrogen-bond acceptors (Lipinski definition) is 2. The standard InChI is InChI=1S/C16H18FNO/c17-15-8-6-14(7-9-15)16(11-18,12-19)10-13-4-2-1-3-5-13/h1-9,19H,10-12,18H2. The number of nitrogens with two attached hydrogens (primary N) is 1. The Hall–Kier alpha value is -1.71. The lowest BCUT2D eigenvalue weighted by molar-refractivity contribution is 0.196. The molecule has 0 amide bonds. The van der Waals surface area contributed by atoms with Gasteiger partial charge in [0, 0.05) is 12.0 Å². The molecule has 0 aromatic heterocycles. The monoisotopic (exact) mass is 259 g/mol. The summed E-state index contributed by atoms with van der Waals surface area (Å²) in [5.74, 6) is -0.285. The van der Waals surface area contributed by atoms with Crippen molar-refractivity contribution in [2.24, 2.45) is 5.73 Å². The molecule has 3 heteroatoms. The van der Waals surface area contributed by atoms with E-state index in [0.717, 1.165) is 11.1 Å². The molecule has 0 heterocycles. The van der Waals surface area contributed by atoms with Crippen molar-refractivity contribution in [1.82, 2.24) is 0 Å². The molecule has 0 aliphatic rings. The molecule has 2 aromatic rings. The second kappa shape index (κ2) is 5.95. The smallest absolute Gasteiger partial charge is 0.123 e. The van der Waals surface area contributed by atoms with Gasteiger partial charge in [0.05, 0.1) is 6.61 Å². The van der Waals surface area contributed by atoms with Crippen molar-refractivity contribution in [3.63, 3.8) is 0 Å². The topological polar surface area (TPSA) is 46.2 Å². The average molecular weight is 259 g/mol. The molecule has 0 saturated heterocycles. The van der Waals surface area contributed by atoms with E-state index in [1.807, 2.05) is 30.3 Å². The minimum Gasteiger partial charge on any atom is -0.395 e. The summed E-state index contributed by atoms with van der Waals surface area (Å²) in [4.78, 5) is 0. The van der Waals surface area contributed by atoms with E-state index in [-0.39, 0.29) is 12.4 Å². The molecule has 0 fully saturated rings.